The van der Waals surface area contributed by atoms with Crippen molar-refractivity contribution >= 4 is 28.9 Å². The fourth-order valence-electron chi connectivity index (χ4n) is 1.70. The molecule has 0 fully saturated rings. The first kappa shape index (κ1) is 15.5. The predicted molar refractivity (Wildman–Crippen MR) is 84.4 cm³/mol. The van der Waals surface area contributed by atoms with Gasteiger partial charge in [-0.15, -0.1) is 11.3 Å². The largest absolute Gasteiger partial charge is 0.480 e. The van der Waals surface area contributed by atoms with Gasteiger partial charge in [0.25, 0.3) is 5.89 Å². The molecule has 0 saturated heterocycles. The van der Waals surface area contributed by atoms with E-state index in [1.807, 2.05) is 17.5 Å². The highest BCUT2D eigenvalue weighted by atomic mass is 35.5. The number of halogens is 1. The topological polar surface area (TPSA) is 74.5 Å². The van der Waals surface area contributed by atoms with Crippen LogP contribution in [0.25, 0.3) is 10.7 Å². The lowest BCUT2D eigenvalue weighted by Crippen LogP contribution is -2.15. The third kappa shape index (κ3) is 4.08. The molecule has 0 radical (unpaired) electrons. The highest BCUT2D eigenvalue weighted by Crippen LogP contribution is 2.23. The van der Waals surface area contributed by atoms with Crippen LogP contribution in [0.4, 0.5) is 0 Å². The van der Waals surface area contributed by atoms with E-state index in [0.717, 1.165) is 4.88 Å². The molecule has 0 saturated carbocycles. The van der Waals surface area contributed by atoms with E-state index < -0.39 is 5.97 Å². The van der Waals surface area contributed by atoms with Gasteiger partial charge in [-0.2, -0.15) is 4.98 Å². The maximum absolute atomic E-state index is 11.7. The molecule has 23 heavy (non-hydrogen) atoms. The van der Waals surface area contributed by atoms with Crippen molar-refractivity contribution in [2.45, 2.75) is 6.61 Å². The Morgan fingerprint density at radius 1 is 1.26 bits per heavy atom. The number of nitrogens with zero attached hydrogens (tertiary/aromatic N) is 2. The lowest BCUT2D eigenvalue weighted by atomic mass is 10.3. The molecule has 2 aromatic heterocycles. The minimum atomic E-state index is -0.555. The number of rotatable bonds is 6. The van der Waals surface area contributed by atoms with Crippen molar-refractivity contribution in [1.82, 2.24) is 10.1 Å². The molecule has 0 aliphatic heterocycles. The Kier molecular flexibility index (Phi) is 4.89. The number of ether oxygens (including phenoxy) is 2. The number of hydrogen-bond donors (Lipinski definition) is 0. The summed E-state index contributed by atoms with van der Waals surface area (Å²) in [5.41, 5.74) is 0. The molecule has 2 heterocycles. The van der Waals surface area contributed by atoms with Gasteiger partial charge < -0.3 is 14.0 Å². The molecule has 8 heteroatoms. The number of hydrogen-bond acceptors (Lipinski definition) is 7. The van der Waals surface area contributed by atoms with Crippen molar-refractivity contribution in [2.24, 2.45) is 0 Å². The molecule has 0 aliphatic rings. The van der Waals surface area contributed by atoms with E-state index in [1.54, 1.807) is 24.3 Å². The van der Waals surface area contributed by atoms with Crippen molar-refractivity contribution < 1.29 is 18.8 Å². The van der Waals surface area contributed by atoms with Gasteiger partial charge in [-0.05, 0) is 23.6 Å². The van der Waals surface area contributed by atoms with E-state index >= 15 is 0 Å². The monoisotopic (exact) mass is 350 g/mol. The summed E-state index contributed by atoms with van der Waals surface area (Å²) in [5.74, 6) is 0.558. The van der Waals surface area contributed by atoms with Crippen molar-refractivity contribution in [2.75, 3.05) is 6.61 Å². The fourth-order valence-corrected chi connectivity index (χ4v) is 2.54. The van der Waals surface area contributed by atoms with Crippen molar-refractivity contribution in [3.05, 3.63) is 52.7 Å². The minimum absolute atomic E-state index is 0.108. The second-order valence-corrected chi connectivity index (χ2v) is 5.72. The van der Waals surface area contributed by atoms with Gasteiger partial charge >= 0.3 is 5.97 Å². The third-order valence-corrected chi connectivity index (χ3v) is 3.93. The number of thiophene rings is 1. The van der Waals surface area contributed by atoms with E-state index in [2.05, 4.69) is 10.1 Å². The first-order chi connectivity index (χ1) is 11.2. The molecule has 0 bridgehead atoms. The number of esters is 1. The third-order valence-electron chi connectivity index (χ3n) is 2.75. The van der Waals surface area contributed by atoms with E-state index in [4.69, 9.17) is 25.6 Å². The van der Waals surface area contributed by atoms with Gasteiger partial charge in [0, 0.05) is 0 Å². The normalized spacial score (nSPS) is 10.5. The average molecular weight is 351 g/mol. The Bertz CT molecular complexity index is 788. The smallest absolute Gasteiger partial charge is 0.344 e. The predicted octanol–water partition coefficient (Wildman–Crippen LogP) is 3.57. The zero-order chi connectivity index (χ0) is 16.1. The first-order valence-electron chi connectivity index (χ1n) is 6.62. The van der Waals surface area contributed by atoms with E-state index in [1.165, 1.54) is 11.3 Å². The second-order valence-electron chi connectivity index (χ2n) is 4.37. The number of carbonyl (C=O) groups excluding carboxylic acids is 1. The van der Waals surface area contributed by atoms with Gasteiger partial charge in [-0.25, -0.2) is 4.79 Å². The van der Waals surface area contributed by atoms with Crippen LogP contribution in [0, 0.1) is 0 Å². The van der Waals surface area contributed by atoms with Gasteiger partial charge in [-0.1, -0.05) is 35.0 Å². The summed E-state index contributed by atoms with van der Waals surface area (Å²) < 4.78 is 15.3. The van der Waals surface area contributed by atoms with Crippen molar-refractivity contribution in [1.29, 1.82) is 0 Å². The quantitative estimate of drug-likeness (QED) is 0.633. The standard InChI is InChI=1S/C15H11ClN2O4S/c16-10-4-1-2-5-11(10)20-9-14(19)21-8-13-17-15(18-22-13)12-6-3-7-23-12/h1-7H,8-9H2. The van der Waals surface area contributed by atoms with Crippen molar-refractivity contribution in [3.8, 4) is 16.5 Å². The summed E-state index contributed by atoms with van der Waals surface area (Å²) >= 11 is 7.42. The number of aromatic nitrogens is 2. The molecule has 0 aliphatic carbocycles. The molecule has 118 valence electrons. The average Bonchev–Trinajstić information content (AvgIpc) is 3.23. The molecule has 0 N–H and O–H groups in total. The highest BCUT2D eigenvalue weighted by Gasteiger charge is 2.12. The lowest BCUT2D eigenvalue weighted by Gasteiger charge is -2.06. The van der Waals surface area contributed by atoms with Gasteiger partial charge in [0.15, 0.2) is 13.2 Å². The van der Waals surface area contributed by atoms with Crippen LogP contribution >= 0.6 is 22.9 Å². The Labute approximate surface area is 140 Å². The zero-order valence-corrected chi connectivity index (χ0v) is 13.3. The van der Waals surface area contributed by atoms with Crippen LogP contribution in [-0.4, -0.2) is 22.7 Å². The molecule has 6 nitrogen and oxygen atoms in total. The lowest BCUT2D eigenvalue weighted by molar-refractivity contribution is -0.148. The zero-order valence-electron chi connectivity index (χ0n) is 11.8. The maximum atomic E-state index is 11.7. The molecule has 0 atom stereocenters. The first-order valence-corrected chi connectivity index (χ1v) is 7.87. The Morgan fingerprint density at radius 2 is 2.13 bits per heavy atom. The summed E-state index contributed by atoms with van der Waals surface area (Å²) in [6.07, 6.45) is 0. The molecule has 0 unspecified atom stereocenters. The van der Waals surface area contributed by atoms with E-state index in [9.17, 15) is 4.79 Å². The van der Waals surface area contributed by atoms with Gasteiger partial charge in [0.05, 0.1) is 9.90 Å². The van der Waals surface area contributed by atoms with Crippen LogP contribution in [0.2, 0.25) is 5.02 Å². The molecule has 3 aromatic rings. The van der Waals surface area contributed by atoms with Gasteiger partial charge in [0.2, 0.25) is 5.82 Å². The Hall–Kier alpha value is -2.38. The molecule has 3 rings (SSSR count). The Morgan fingerprint density at radius 3 is 2.91 bits per heavy atom. The summed E-state index contributed by atoms with van der Waals surface area (Å²) in [5, 5.41) is 6.17. The fraction of sp³-hybridized carbons (Fsp3) is 0.133. The number of para-hydroxylation sites is 1. The molecular weight excluding hydrogens is 340 g/mol. The minimum Gasteiger partial charge on any atom is -0.480 e. The van der Waals surface area contributed by atoms with Crippen LogP contribution in [0.1, 0.15) is 5.89 Å². The number of benzene rings is 1. The summed E-state index contributed by atoms with van der Waals surface area (Å²) in [6.45, 7) is -0.362. The van der Waals surface area contributed by atoms with Gasteiger partial charge in [-0.3, -0.25) is 0 Å². The molecule has 0 spiro atoms. The number of carbonyl (C=O) groups is 1. The summed E-state index contributed by atoms with van der Waals surface area (Å²) in [6, 6.07) is 10.6. The summed E-state index contributed by atoms with van der Waals surface area (Å²) in [7, 11) is 0. The summed E-state index contributed by atoms with van der Waals surface area (Å²) in [4.78, 5) is 16.7. The second kappa shape index (κ2) is 7.26. The van der Waals surface area contributed by atoms with Crippen LogP contribution in [0.5, 0.6) is 5.75 Å². The molecule has 1 aromatic carbocycles. The highest BCUT2D eigenvalue weighted by molar-refractivity contribution is 7.13. The Balaban J connectivity index is 1.49. The van der Waals surface area contributed by atoms with Gasteiger partial charge in [0.1, 0.15) is 5.75 Å². The van der Waals surface area contributed by atoms with Crippen LogP contribution in [-0.2, 0) is 16.1 Å². The molecular formula is C15H11ClN2O4S. The maximum Gasteiger partial charge on any atom is 0.344 e. The van der Waals surface area contributed by atoms with E-state index in [0.29, 0.717) is 16.6 Å². The van der Waals surface area contributed by atoms with Crippen molar-refractivity contribution in [3.63, 3.8) is 0 Å². The molecule has 0 amide bonds. The van der Waals surface area contributed by atoms with Crippen LogP contribution in [0.3, 0.4) is 0 Å². The van der Waals surface area contributed by atoms with E-state index in [-0.39, 0.29) is 19.1 Å². The van der Waals surface area contributed by atoms with Crippen LogP contribution < -0.4 is 4.74 Å². The SMILES string of the molecule is O=C(COc1ccccc1Cl)OCc1nc(-c2cccs2)no1. The van der Waals surface area contributed by atoms with Crippen LogP contribution in [0.15, 0.2) is 46.3 Å².